The normalized spacial score (nSPS) is 26.4. The van der Waals surface area contributed by atoms with Crippen LogP contribution in [0.2, 0.25) is 0 Å². The number of β-amino-alcohol motifs (C(OH)–C–C–N with tert-alkyl or cyclic N) is 1. The number of carbonyl (C=O) groups excluding carboxylic acids is 1. The number of likely N-dealkylation sites (tertiary alicyclic amines) is 1. The molecule has 1 aliphatic heterocycles. The molecule has 6 heteroatoms. The lowest BCUT2D eigenvalue weighted by Gasteiger charge is -2.34. The van der Waals surface area contributed by atoms with Gasteiger partial charge in [0.05, 0.1) is 24.4 Å². The van der Waals surface area contributed by atoms with Crippen molar-refractivity contribution in [3.63, 3.8) is 0 Å². The summed E-state index contributed by atoms with van der Waals surface area (Å²) in [6, 6.07) is 2.40. The summed E-state index contributed by atoms with van der Waals surface area (Å²) in [5, 5.41) is 17.3. The highest BCUT2D eigenvalue weighted by Crippen LogP contribution is 2.28. The molecular weight excluding hydrogens is 280 g/mol. The Morgan fingerprint density at radius 3 is 2.91 bits per heavy atom. The minimum atomic E-state index is -0.416. The molecule has 0 spiro atoms. The number of carbonyl (C=O) groups is 1. The van der Waals surface area contributed by atoms with E-state index in [-0.39, 0.29) is 11.9 Å². The fourth-order valence-corrected chi connectivity index (χ4v) is 3.36. The highest BCUT2D eigenvalue weighted by molar-refractivity contribution is 5.74. The molecule has 2 N–H and O–H groups in total. The van der Waals surface area contributed by atoms with E-state index in [1.165, 1.54) is 25.7 Å². The number of aromatic nitrogens is 2. The lowest BCUT2D eigenvalue weighted by atomic mass is 9.96. The molecule has 0 radical (unpaired) electrons. The Morgan fingerprint density at radius 1 is 1.41 bits per heavy atom. The number of hydrogen-bond donors (Lipinski definition) is 2. The van der Waals surface area contributed by atoms with E-state index < -0.39 is 6.10 Å². The maximum atomic E-state index is 12.2. The first-order chi connectivity index (χ1) is 10.6. The fourth-order valence-electron chi connectivity index (χ4n) is 3.36. The van der Waals surface area contributed by atoms with E-state index in [4.69, 9.17) is 0 Å². The van der Waals surface area contributed by atoms with Gasteiger partial charge in [0.2, 0.25) is 0 Å². The van der Waals surface area contributed by atoms with Crippen molar-refractivity contribution in [3.8, 4) is 0 Å². The zero-order chi connectivity index (χ0) is 15.5. The molecular formula is C16H26N4O2. The predicted octanol–water partition coefficient (Wildman–Crippen LogP) is 1.91. The number of nitrogens with zero attached hydrogens (tertiary/aromatic N) is 3. The zero-order valence-electron chi connectivity index (χ0n) is 13.2. The summed E-state index contributed by atoms with van der Waals surface area (Å²) in [5.41, 5.74) is 0.895. The molecule has 2 aliphatic rings. The predicted molar refractivity (Wildman–Crippen MR) is 83.3 cm³/mol. The van der Waals surface area contributed by atoms with Crippen LogP contribution in [-0.4, -0.2) is 45.0 Å². The third kappa shape index (κ3) is 3.43. The first-order valence-electron chi connectivity index (χ1n) is 8.38. The van der Waals surface area contributed by atoms with Crippen LogP contribution in [-0.2, 0) is 6.54 Å². The molecule has 0 aromatic carbocycles. The van der Waals surface area contributed by atoms with E-state index >= 15 is 0 Å². The molecule has 0 bridgehead atoms. The summed E-state index contributed by atoms with van der Waals surface area (Å²) in [6.07, 6.45) is 7.43. The van der Waals surface area contributed by atoms with Crippen molar-refractivity contribution in [2.75, 3.05) is 13.1 Å². The standard InChI is InChI=1S/C16H26N4O2/c1-12-6-8-19(11-15(12)21)16(22)17-10-13-7-9-20(18-13)14-4-2-3-5-14/h7,9,12,14-15,21H,2-6,8,10-11H2,1H3,(H,17,22). The summed E-state index contributed by atoms with van der Waals surface area (Å²) in [6.45, 7) is 3.60. The van der Waals surface area contributed by atoms with E-state index in [9.17, 15) is 9.90 Å². The number of nitrogens with one attached hydrogen (secondary N) is 1. The Morgan fingerprint density at radius 2 is 2.18 bits per heavy atom. The lowest BCUT2D eigenvalue weighted by Crippen LogP contribution is -2.49. The van der Waals surface area contributed by atoms with E-state index in [0.29, 0.717) is 25.7 Å². The second kappa shape index (κ2) is 6.69. The lowest BCUT2D eigenvalue weighted by molar-refractivity contribution is 0.0435. The Labute approximate surface area is 131 Å². The van der Waals surface area contributed by atoms with Crippen molar-refractivity contribution in [1.82, 2.24) is 20.0 Å². The molecule has 2 unspecified atom stereocenters. The van der Waals surface area contributed by atoms with E-state index in [1.54, 1.807) is 4.90 Å². The van der Waals surface area contributed by atoms with Crippen LogP contribution in [0.15, 0.2) is 12.3 Å². The second-order valence-corrected chi connectivity index (χ2v) is 6.66. The first-order valence-corrected chi connectivity index (χ1v) is 8.38. The Balaban J connectivity index is 1.48. The van der Waals surface area contributed by atoms with E-state index in [1.807, 2.05) is 23.9 Å². The van der Waals surface area contributed by atoms with Gasteiger partial charge in [-0.2, -0.15) is 5.10 Å². The van der Waals surface area contributed by atoms with Gasteiger partial charge >= 0.3 is 6.03 Å². The highest BCUT2D eigenvalue weighted by Gasteiger charge is 2.27. The van der Waals surface area contributed by atoms with Gasteiger partial charge in [0, 0.05) is 19.3 Å². The summed E-state index contributed by atoms with van der Waals surface area (Å²) in [4.78, 5) is 13.8. The number of hydrogen-bond acceptors (Lipinski definition) is 3. The zero-order valence-corrected chi connectivity index (χ0v) is 13.2. The Bertz CT molecular complexity index is 510. The monoisotopic (exact) mass is 306 g/mol. The molecule has 22 heavy (non-hydrogen) atoms. The van der Waals surface area contributed by atoms with Crippen LogP contribution in [0, 0.1) is 5.92 Å². The van der Waals surface area contributed by atoms with Crippen molar-refractivity contribution in [1.29, 1.82) is 0 Å². The molecule has 2 fully saturated rings. The number of rotatable bonds is 3. The summed E-state index contributed by atoms with van der Waals surface area (Å²) in [7, 11) is 0. The average Bonchev–Trinajstić information content (AvgIpc) is 3.18. The highest BCUT2D eigenvalue weighted by atomic mass is 16.3. The van der Waals surface area contributed by atoms with E-state index in [0.717, 1.165) is 12.1 Å². The van der Waals surface area contributed by atoms with Crippen molar-refractivity contribution in [2.45, 2.75) is 57.7 Å². The van der Waals surface area contributed by atoms with Gasteiger partial charge in [0.15, 0.2) is 0 Å². The van der Waals surface area contributed by atoms with Crippen LogP contribution in [0.4, 0.5) is 4.79 Å². The molecule has 3 rings (SSSR count). The van der Waals surface area contributed by atoms with Gasteiger partial charge in [-0.15, -0.1) is 0 Å². The first kappa shape index (κ1) is 15.3. The molecule has 1 aromatic rings. The summed E-state index contributed by atoms with van der Waals surface area (Å²) < 4.78 is 2.04. The van der Waals surface area contributed by atoms with Crippen molar-refractivity contribution < 1.29 is 9.90 Å². The fraction of sp³-hybridized carbons (Fsp3) is 0.750. The molecule has 6 nitrogen and oxygen atoms in total. The molecule has 1 aromatic heterocycles. The summed E-state index contributed by atoms with van der Waals surface area (Å²) >= 11 is 0. The molecule has 122 valence electrons. The smallest absolute Gasteiger partial charge is 0.317 e. The quantitative estimate of drug-likeness (QED) is 0.896. The minimum absolute atomic E-state index is 0.110. The third-order valence-corrected chi connectivity index (χ3v) is 4.99. The van der Waals surface area contributed by atoms with Crippen LogP contribution in [0.25, 0.3) is 0 Å². The molecule has 2 atom stereocenters. The van der Waals surface area contributed by atoms with Crippen molar-refractivity contribution in [2.24, 2.45) is 5.92 Å². The average molecular weight is 306 g/mol. The second-order valence-electron chi connectivity index (χ2n) is 6.66. The van der Waals surface area contributed by atoms with Gasteiger partial charge < -0.3 is 15.3 Å². The SMILES string of the molecule is CC1CCN(C(=O)NCc2ccn(C3CCCC3)n2)CC1O. The van der Waals surface area contributed by atoms with E-state index in [2.05, 4.69) is 10.4 Å². The van der Waals surface area contributed by atoms with Crippen molar-refractivity contribution in [3.05, 3.63) is 18.0 Å². The molecule has 2 heterocycles. The van der Waals surface area contributed by atoms with Gasteiger partial charge in [0.25, 0.3) is 0 Å². The van der Waals surface area contributed by atoms with Crippen LogP contribution < -0.4 is 5.32 Å². The minimum Gasteiger partial charge on any atom is -0.391 e. The molecule has 2 amide bonds. The van der Waals surface area contributed by atoms with Crippen molar-refractivity contribution >= 4 is 6.03 Å². The summed E-state index contributed by atoms with van der Waals surface area (Å²) in [5.74, 6) is 0.270. The van der Waals surface area contributed by atoms with Crippen LogP contribution in [0.1, 0.15) is 50.8 Å². The number of urea groups is 1. The Hall–Kier alpha value is -1.56. The maximum Gasteiger partial charge on any atom is 0.317 e. The van der Waals surface area contributed by atoms with Crippen LogP contribution in [0.5, 0.6) is 0 Å². The van der Waals surface area contributed by atoms with Gasteiger partial charge in [0.1, 0.15) is 0 Å². The number of amides is 2. The molecule has 1 saturated carbocycles. The number of aliphatic hydroxyl groups excluding tert-OH is 1. The van der Waals surface area contributed by atoms with Gasteiger partial charge in [-0.3, -0.25) is 4.68 Å². The third-order valence-electron chi connectivity index (χ3n) is 4.99. The maximum absolute atomic E-state index is 12.2. The van der Waals surface area contributed by atoms with Gasteiger partial charge in [-0.05, 0) is 31.2 Å². The topological polar surface area (TPSA) is 70.4 Å². The Kier molecular flexibility index (Phi) is 4.66. The van der Waals surface area contributed by atoms with Crippen LogP contribution >= 0.6 is 0 Å². The molecule has 1 aliphatic carbocycles. The van der Waals surface area contributed by atoms with Gasteiger partial charge in [-0.25, -0.2) is 4.79 Å². The number of piperidine rings is 1. The number of aliphatic hydroxyl groups is 1. The van der Waals surface area contributed by atoms with Crippen LogP contribution in [0.3, 0.4) is 0 Å². The molecule has 1 saturated heterocycles. The van der Waals surface area contributed by atoms with Gasteiger partial charge in [-0.1, -0.05) is 19.8 Å². The largest absolute Gasteiger partial charge is 0.391 e.